The van der Waals surface area contributed by atoms with E-state index in [9.17, 15) is 14.7 Å². The molecular weight excluding hydrogens is 290 g/mol. The van der Waals surface area contributed by atoms with Gasteiger partial charge in [0.25, 0.3) is 11.8 Å². The number of hydrogen-bond acceptors (Lipinski definition) is 5. The largest absolute Gasteiger partial charge is 0.396 e. The Morgan fingerprint density at radius 2 is 2.29 bits per heavy atom. The van der Waals surface area contributed by atoms with Crippen LogP contribution in [-0.2, 0) is 0 Å². The van der Waals surface area contributed by atoms with Gasteiger partial charge in [0.05, 0.1) is 6.61 Å². The van der Waals surface area contributed by atoms with Crippen molar-refractivity contribution in [3.8, 4) is 0 Å². The van der Waals surface area contributed by atoms with Crippen molar-refractivity contribution in [3.63, 3.8) is 0 Å². The third-order valence-corrected chi connectivity index (χ3v) is 5.20. The molecule has 21 heavy (non-hydrogen) atoms. The second-order valence-electron chi connectivity index (χ2n) is 5.37. The lowest BCUT2D eigenvalue weighted by Crippen LogP contribution is -2.34. The van der Waals surface area contributed by atoms with Crippen molar-refractivity contribution in [1.29, 1.82) is 0 Å². The van der Waals surface area contributed by atoms with Gasteiger partial charge in [0, 0.05) is 23.4 Å². The van der Waals surface area contributed by atoms with E-state index in [1.54, 1.807) is 4.90 Å². The zero-order valence-electron chi connectivity index (χ0n) is 12.3. The minimum absolute atomic E-state index is 0.0767. The number of primary amides is 1. The molecule has 0 aromatic carbocycles. The molecule has 1 aromatic rings. The summed E-state index contributed by atoms with van der Waals surface area (Å²) in [7, 11) is 0. The van der Waals surface area contributed by atoms with Gasteiger partial charge in [0.1, 0.15) is 5.69 Å². The Kier molecular flexibility index (Phi) is 4.95. The first-order chi connectivity index (χ1) is 9.99. The van der Waals surface area contributed by atoms with E-state index in [1.807, 2.05) is 13.8 Å². The first-order valence-electron chi connectivity index (χ1n) is 7.21. The van der Waals surface area contributed by atoms with Gasteiger partial charge in [-0.2, -0.15) is 0 Å². The first-order valence-corrected chi connectivity index (χ1v) is 8.03. The van der Waals surface area contributed by atoms with Crippen LogP contribution in [0.4, 0.5) is 0 Å². The van der Waals surface area contributed by atoms with Crippen LogP contribution < -0.4 is 5.73 Å². The van der Waals surface area contributed by atoms with Crippen LogP contribution in [0.15, 0.2) is 0 Å². The van der Waals surface area contributed by atoms with Crippen molar-refractivity contribution in [2.75, 3.05) is 13.2 Å². The maximum Gasteiger partial charge on any atom is 0.277 e. The third kappa shape index (κ3) is 3.08. The topological polar surface area (TPSA) is 96.5 Å². The molecule has 1 aliphatic heterocycles. The number of hydrogen-bond donors (Lipinski definition) is 2. The van der Waals surface area contributed by atoms with Crippen molar-refractivity contribution in [2.24, 2.45) is 5.73 Å². The summed E-state index contributed by atoms with van der Waals surface area (Å²) in [5.74, 6) is -0.985. The Morgan fingerprint density at radius 1 is 1.57 bits per heavy atom. The molecule has 2 atom stereocenters. The fourth-order valence-corrected chi connectivity index (χ4v) is 3.72. The lowest BCUT2D eigenvalue weighted by atomic mass is 10.0. The number of likely N-dealkylation sites (tertiary alicyclic amines) is 1. The van der Waals surface area contributed by atoms with Gasteiger partial charge >= 0.3 is 0 Å². The molecule has 6 nitrogen and oxygen atoms in total. The Bertz CT molecular complexity index is 540. The van der Waals surface area contributed by atoms with Crippen molar-refractivity contribution >= 4 is 23.2 Å². The van der Waals surface area contributed by atoms with Crippen LogP contribution in [0.3, 0.4) is 0 Å². The summed E-state index contributed by atoms with van der Waals surface area (Å²) in [5.41, 5.74) is 5.56. The lowest BCUT2D eigenvalue weighted by Gasteiger charge is -2.21. The van der Waals surface area contributed by atoms with Crippen LogP contribution in [-0.4, -0.2) is 46.0 Å². The summed E-state index contributed by atoms with van der Waals surface area (Å²) >= 11 is 1.12. The van der Waals surface area contributed by atoms with Gasteiger partial charge in [-0.05, 0) is 26.2 Å². The molecule has 1 aliphatic rings. The lowest BCUT2D eigenvalue weighted by molar-refractivity contribution is 0.0740. The molecule has 0 saturated carbocycles. The fraction of sp³-hybridized carbons (Fsp3) is 0.643. The van der Waals surface area contributed by atoms with Crippen LogP contribution >= 0.6 is 11.3 Å². The molecule has 1 saturated heterocycles. The molecule has 0 bridgehead atoms. The predicted molar refractivity (Wildman–Crippen MR) is 80.5 cm³/mol. The van der Waals surface area contributed by atoms with Gasteiger partial charge in [0.2, 0.25) is 0 Å². The molecule has 0 aliphatic carbocycles. The molecule has 0 unspecified atom stereocenters. The Morgan fingerprint density at radius 3 is 2.76 bits per heavy atom. The number of carbonyl (C=O) groups is 2. The number of nitrogens with zero attached hydrogens (tertiary/aromatic N) is 2. The second-order valence-corrected chi connectivity index (χ2v) is 6.40. The smallest absolute Gasteiger partial charge is 0.277 e. The van der Waals surface area contributed by atoms with E-state index in [-0.39, 0.29) is 35.2 Å². The van der Waals surface area contributed by atoms with Crippen LogP contribution in [0, 0.1) is 0 Å². The Balaban J connectivity index is 2.40. The second kappa shape index (κ2) is 6.53. The molecule has 1 fully saturated rings. The van der Waals surface area contributed by atoms with E-state index in [0.29, 0.717) is 17.8 Å². The highest BCUT2D eigenvalue weighted by Gasteiger charge is 2.32. The van der Waals surface area contributed by atoms with E-state index in [0.717, 1.165) is 24.2 Å². The van der Waals surface area contributed by atoms with E-state index in [2.05, 4.69) is 4.98 Å². The molecule has 2 heterocycles. The number of rotatable bonds is 5. The van der Waals surface area contributed by atoms with Crippen LogP contribution in [0.5, 0.6) is 0 Å². The summed E-state index contributed by atoms with van der Waals surface area (Å²) in [6.45, 7) is 4.57. The fourth-order valence-electron chi connectivity index (χ4n) is 2.64. The van der Waals surface area contributed by atoms with Crippen molar-refractivity contribution in [1.82, 2.24) is 9.88 Å². The average molecular weight is 311 g/mol. The molecule has 2 rings (SSSR count). The summed E-state index contributed by atoms with van der Waals surface area (Å²) < 4.78 is 0. The third-order valence-electron chi connectivity index (χ3n) is 3.96. The number of thiazole rings is 1. The summed E-state index contributed by atoms with van der Waals surface area (Å²) in [5, 5.41) is 9.62. The summed E-state index contributed by atoms with van der Waals surface area (Å²) in [6.07, 6.45) is 2.63. The standard InChI is InChI=1S/C14H21N3O3S/c1-3-9(7-18)11-10(16-13(21-11)12(15)19)14(20)17-6-4-5-8(17)2/h8-9,18H,3-7H2,1-2H3,(H2,15,19)/t8-,9+/m0/s1. The zero-order valence-corrected chi connectivity index (χ0v) is 13.2. The molecule has 116 valence electrons. The normalized spacial score (nSPS) is 19.8. The molecule has 1 aromatic heterocycles. The highest BCUT2D eigenvalue weighted by molar-refractivity contribution is 7.14. The van der Waals surface area contributed by atoms with Gasteiger partial charge in [-0.1, -0.05) is 6.92 Å². The Labute approximate surface area is 128 Å². The maximum absolute atomic E-state index is 12.7. The van der Waals surface area contributed by atoms with E-state index in [4.69, 9.17) is 5.73 Å². The monoisotopic (exact) mass is 311 g/mol. The maximum atomic E-state index is 12.7. The number of nitrogens with two attached hydrogens (primary N) is 1. The average Bonchev–Trinajstić information content (AvgIpc) is 3.06. The van der Waals surface area contributed by atoms with Crippen LogP contribution in [0.25, 0.3) is 0 Å². The number of amides is 2. The van der Waals surface area contributed by atoms with Crippen molar-refractivity contribution in [2.45, 2.75) is 45.1 Å². The van der Waals surface area contributed by atoms with Gasteiger partial charge in [-0.25, -0.2) is 4.98 Å². The van der Waals surface area contributed by atoms with Crippen LogP contribution in [0.1, 0.15) is 64.2 Å². The highest BCUT2D eigenvalue weighted by Crippen LogP contribution is 2.31. The predicted octanol–water partition coefficient (Wildman–Crippen LogP) is 1.35. The molecular formula is C14H21N3O3S. The number of aliphatic hydroxyl groups is 1. The van der Waals surface area contributed by atoms with Gasteiger partial charge in [-0.15, -0.1) is 11.3 Å². The number of aromatic nitrogens is 1. The number of aliphatic hydroxyl groups excluding tert-OH is 1. The van der Waals surface area contributed by atoms with Gasteiger partial charge < -0.3 is 15.7 Å². The van der Waals surface area contributed by atoms with Gasteiger partial charge in [-0.3, -0.25) is 9.59 Å². The Hall–Kier alpha value is -1.47. The highest BCUT2D eigenvalue weighted by atomic mass is 32.1. The van der Waals surface area contributed by atoms with E-state index >= 15 is 0 Å². The minimum Gasteiger partial charge on any atom is -0.396 e. The van der Waals surface area contributed by atoms with Crippen molar-refractivity contribution < 1.29 is 14.7 Å². The SMILES string of the molecule is CC[C@H](CO)c1sc(C(N)=O)nc1C(=O)N1CCC[C@@H]1C. The quantitative estimate of drug-likeness (QED) is 0.858. The van der Waals surface area contributed by atoms with Crippen LogP contribution in [0.2, 0.25) is 0 Å². The molecule has 0 spiro atoms. The molecule has 2 amide bonds. The molecule has 3 N–H and O–H groups in total. The summed E-state index contributed by atoms with van der Waals surface area (Å²) in [4.78, 5) is 30.6. The number of carbonyl (C=O) groups excluding carboxylic acids is 2. The first kappa shape index (κ1) is 15.9. The minimum atomic E-state index is -0.637. The molecule has 0 radical (unpaired) electrons. The molecule has 7 heteroatoms. The van der Waals surface area contributed by atoms with E-state index in [1.165, 1.54) is 0 Å². The van der Waals surface area contributed by atoms with Crippen molar-refractivity contribution in [3.05, 3.63) is 15.6 Å². The van der Waals surface area contributed by atoms with Gasteiger partial charge in [0.15, 0.2) is 5.01 Å². The van der Waals surface area contributed by atoms with E-state index < -0.39 is 5.91 Å². The summed E-state index contributed by atoms with van der Waals surface area (Å²) in [6, 6.07) is 0.179. The zero-order chi connectivity index (χ0) is 15.6.